The van der Waals surface area contributed by atoms with Crippen molar-refractivity contribution in [1.29, 1.82) is 0 Å². The summed E-state index contributed by atoms with van der Waals surface area (Å²) in [7, 11) is 3.07. The number of methoxy groups -OCH3 is 2. The van der Waals surface area contributed by atoms with Gasteiger partial charge >= 0.3 is 0 Å². The number of benzene rings is 2. The highest BCUT2D eigenvalue weighted by Crippen LogP contribution is 2.23. The Morgan fingerprint density at radius 2 is 1.57 bits per heavy atom. The Bertz CT molecular complexity index is 937. The molecule has 10 heteroatoms. The van der Waals surface area contributed by atoms with Crippen LogP contribution in [-0.2, 0) is 16.1 Å². The van der Waals surface area contributed by atoms with Crippen LogP contribution in [0.4, 0.5) is 0 Å². The highest BCUT2D eigenvalue weighted by atomic mass is 35.5. The fourth-order valence-corrected chi connectivity index (χ4v) is 2.94. The third-order valence-corrected chi connectivity index (χ3v) is 4.54. The van der Waals surface area contributed by atoms with Crippen molar-refractivity contribution in [2.45, 2.75) is 6.54 Å². The Morgan fingerprint density at radius 3 is 2.23 bits per heavy atom. The van der Waals surface area contributed by atoms with E-state index in [2.05, 4.69) is 16.0 Å². The van der Waals surface area contributed by atoms with Crippen molar-refractivity contribution in [3.63, 3.8) is 0 Å². The van der Waals surface area contributed by atoms with Crippen LogP contribution in [-0.4, -0.2) is 45.0 Å². The molecule has 2 aromatic carbocycles. The van der Waals surface area contributed by atoms with E-state index in [4.69, 9.17) is 32.7 Å². The number of nitrogens with one attached hydrogen (secondary N) is 3. The number of carbonyl (C=O) groups is 3. The topological polar surface area (TPSA) is 106 Å². The summed E-state index contributed by atoms with van der Waals surface area (Å²) in [5.74, 6) is -0.224. The second-order valence-corrected chi connectivity index (χ2v) is 6.88. The third kappa shape index (κ3) is 6.82. The Morgan fingerprint density at radius 1 is 0.867 bits per heavy atom. The van der Waals surface area contributed by atoms with Crippen molar-refractivity contribution in [2.24, 2.45) is 0 Å². The van der Waals surface area contributed by atoms with E-state index in [-0.39, 0.29) is 30.2 Å². The standard InChI is InChI=1S/C20H21Cl2N3O5/c1-29-14-4-6-17(30-2)12(7-14)9-23-18(26)10-24-19(27)11-25-20(28)15-5-3-13(21)8-16(15)22/h3-8H,9-11H2,1-2H3,(H,23,26)(H,24,27)(H,25,28). The molecule has 0 aromatic heterocycles. The number of rotatable bonds is 9. The van der Waals surface area contributed by atoms with E-state index >= 15 is 0 Å². The summed E-state index contributed by atoms with van der Waals surface area (Å²) in [5, 5.41) is 8.10. The molecule has 0 aliphatic carbocycles. The van der Waals surface area contributed by atoms with E-state index in [9.17, 15) is 14.4 Å². The highest BCUT2D eigenvalue weighted by Gasteiger charge is 2.13. The van der Waals surface area contributed by atoms with Gasteiger partial charge in [-0.3, -0.25) is 14.4 Å². The fraction of sp³-hybridized carbons (Fsp3) is 0.250. The summed E-state index contributed by atoms with van der Waals surface area (Å²) in [6.45, 7) is -0.363. The number of hydrogen-bond donors (Lipinski definition) is 3. The molecule has 0 heterocycles. The summed E-state index contributed by atoms with van der Waals surface area (Å²) in [5.41, 5.74) is 0.919. The van der Waals surface area contributed by atoms with Gasteiger partial charge in [-0.2, -0.15) is 0 Å². The van der Waals surface area contributed by atoms with E-state index in [1.165, 1.54) is 25.3 Å². The summed E-state index contributed by atoms with van der Waals surface area (Å²) >= 11 is 11.7. The molecule has 0 bridgehead atoms. The Labute approximate surface area is 183 Å². The number of amides is 3. The summed E-state index contributed by atoms with van der Waals surface area (Å²) in [6.07, 6.45) is 0. The van der Waals surface area contributed by atoms with Crippen molar-refractivity contribution < 1.29 is 23.9 Å². The van der Waals surface area contributed by atoms with Crippen LogP contribution in [0.2, 0.25) is 10.0 Å². The SMILES string of the molecule is COc1ccc(OC)c(CNC(=O)CNC(=O)CNC(=O)c2ccc(Cl)cc2Cl)c1. The molecule has 0 saturated carbocycles. The van der Waals surface area contributed by atoms with Crippen LogP contribution in [0.15, 0.2) is 36.4 Å². The minimum atomic E-state index is -0.526. The predicted octanol–water partition coefficient (Wildman–Crippen LogP) is 2.17. The average molecular weight is 454 g/mol. The molecule has 160 valence electrons. The van der Waals surface area contributed by atoms with Crippen LogP contribution in [0.3, 0.4) is 0 Å². The van der Waals surface area contributed by atoms with Crippen LogP contribution >= 0.6 is 23.2 Å². The lowest BCUT2D eigenvalue weighted by Crippen LogP contribution is -2.41. The van der Waals surface area contributed by atoms with Crippen LogP contribution in [0.5, 0.6) is 11.5 Å². The van der Waals surface area contributed by atoms with Gasteiger partial charge in [-0.05, 0) is 36.4 Å². The fourth-order valence-electron chi connectivity index (χ4n) is 2.45. The maximum absolute atomic E-state index is 12.1. The zero-order valence-corrected chi connectivity index (χ0v) is 17.9. The monoisotopic (exact) mass is 453 g/mol. The van der Waals surface area contributed by atoms with Gasteiger partial charge in [-0.15, -0.1) is 0 Å². The van der Waals surface area contributed by atoms with E-state index < -0.39 is 17.7 Å². The predicted molar refractivity (Wildman–Crippen MR) is 113 cm³/mol. The summed E-state index contributed by atoms with van der Waals surface area (Å²) in [4.78, 5) is 36.0. The van der Waals surface area contributed by atoms with Crippen molar-refractivity contribution >= 4 is 40.9 Å². The van der Waals surface area contributed by atoms with Crippen LogP contribution in [0.1, 0.15) is 15.9 Å². The van der Waals surface area contributed by atoms with Crippen molar-refractivity contribution in [1.82, 2.24) is 16.0 Å². The van der Waals surface area contributed by atoms with Gasteiger partial charge in [0.15, 0.2) is 0 Å². The molecule has 0 unspecified atom stereocenters. The molecule has 2 rings (SSSR count). The highest BCUT2D eigenvalue weighted by molar-refractivity contribution is 6.36. The van der Waals surface area contributed by atoms with Crippen molar-refractivity contribution in [3.05, 3.63) is 57.6 Å². The van der Waals surface area contributed by atoms with Crippen molar-refractivity contribution in [2.75, 3.05) is 27.3 Å². The minimum absolute atomic E-state index is 0.174. The minimum Gasteiger partial charge on any atom is -0.497 e. The molecule has 0 radical (unpaired) electrons. The second kappa shape index (κ2) is 11.3. The van der Waals surface area contributed by atoms with Gasteiger partial charge in [-0.1, -0.05) is 23.2 Å². The molecule has 8 nitrogen and oxygen atoms in total. The lowest BCUT2D eigenvalue weighted by Gasteiger charge is -2.12. The maximum Gasteiger partial charge on any atom is 0.253 e. The van der Waals surface area contributed by atoms with E-state index in [1.54, 1.807) is 25.3 Å². The van der Waals surface area contributed by atoms with Crippen LogP contribution in [0, 0.1) is 0 Å². The quantitative estimate of drug-likeness (QED) is 0.539. The molecule has 3 amide bonds. The second-order valence-electron chi connectivity index (χ2n) is 6.04. The first-order valence-electron chi connectivity index (χ1n) is 8.81. The first-order chi connectivity index (χ1) is 14.3. The number of ether oxygens (including phenoxy) is 2. The van der Waals surface area contributed by atoms with Crippen LogP contribution < -0.4 is 25.4 Å². The lowest BCUT2D eigenvalue weighted by molar-refractivity contribution is -0.125. The Hall–Kier alpha value is -2.97. The molecule has 0 atom stereocenters. The summed E-state index contributed by atoms with van der Waals surface area (Å²) < 4.78 is 10.4. The number of halogens is 2. The molecule has 30 heavy (non-hydrogen) atoms. The molecular weight excluding hydrogens is 433 g/mol. The van der Waals surface area contributed by atoms with Gasteiger partial charge < -0.3 is 25.4 Å². The van der Waals surface area contributed by atoms with Gasteiger partial charge in [0, 0.05) is 17.1 Å². The third-order valence-electron chi connectivity index (χ3n) is 3.99. The van der Waals surface area contributed by atoms with Crippen molar-refractivity contribution in [3.8, 4) is 11.5 Å². The van der Waals surface area contributed by atoms with E-state index in [1.807, 2.05) is 0 Å². The first kappa shape index (κ1) is 23.3. The molecule has 0 aliphatic rings. The maximum atomic E-state index is 12.1. The smallest absolute Gasteiger partial charge is 0.253 e. The Balaban J connectivity index is 1.77. The zero-order chi connectivity index (χ0) is 22.1. The molecular formula is C20H21Cl2N3O5. The molecule has 2 aromatic rings. The largest absolute Gasteiger partial charge is 0.497 e. The normalized spacial score (nSPS) is 10.1. The molecule has 0 saturated heterocycles. The zero-order valence-electron chi connectivity index (χ0n) is 16.4. The van der Waals surface area contributed by atoms with Crippen LogP contribution in [0.25, 0.3) is 0 Å². The number of carbonyl (C=O) groups excluding carboxylic acids is 3. The van der Waals surface area contributed by atoms with Gasteiger partial charge in [-0.25, -0.2) is 0 Å². The first-order valence-corrected chi connectivity index (χ1v) is 9.57. The van der Waals surface area contributed by atoms with Gasteiger partial charge in [0.25, 0.3) is 5.91 Å². The van der Waals surface area contributed by atoms with Gasteiger partial charge in [0.05, 0.1) is 37.9 Å². The van der Waals surface area contributed by atoms with Gasteiger partial charge in [0.2, 0.25) is 11.8 Å². The molecule has 0 aliphatic heterocycles. The Kier molecular flexibility index (Phi) is 8.76. The molecule has 0 spiro atoms. The lowest BCUT2D eigenvalue weighted by atomic mass is 10.2. The molecule has 3 N–H and O–H groups in total. The molecule has 0 fully saturated rings. The van der Waals surface area contributed by atoms with E-state index in [0.29, 0.717) is 16.5 Å². The van der Waals surface area contributed by atoms with E-state index in [0.717, 1.165) is 5.56 Å². The number of hydrogen-bond acceptors (Lipinski definition) is 5. The van der Waals surface area contributed by atoms with Gasteiger partial charge in [0.1, 0.15) is 11.5 Å². The average Bonchev–Trinajstić information content (AvgIpc) is 2.74. The summed E-state index contributed by atoms with van der Waals surface area (Å²) in [6, 6.07) is 9.63.